The second-order valence-corrected chi connectivity index (χ2v) is 5.88. The fourth-order valence-electron chi connectivity index (χ4n) is 1.96. The van der Waals surface area contributed by atoms with Crippen LogP contribution in [0.4, 0.5) is 0 Å². The maximum absolute atomic E-state index is 9.23. The van der Waals surface area contributed by atoms with Gasteiger partial charge in [-0.05, 0) is 55.4 Å². The summed E-state index contributed by atoms with van der Waals surface area (Å²) in [5.74, 6) is 2.42. The first kappa shape index (κ1) is 17.7. The van der Waals surface area contributed by atoms with Gasteiger partial charge in [0.15, 0.2) is 5.96 Å². The molecule has 5 heteroatoms. The monoisotopic (exact) mass is 309 g/mol. The largest absolute Gasteiger partial charge is 0.508 e. The van der Waals surface area contributed by atoms with Gasteiger partial charge >= 0.3 is 0 Å². The Morgan fingerprint density at radius 2 is 1.76 bits per heavy atom. The van der Waals surface area contributed by atoms with Gasteiger partial charge in [-0.3, -0.25) is 4.99 Å². The van der Waals surface area contributed by atoms with Crippen LogP contribution in [0, 0.1) is 0 Å². The van der Waals surface area contributed by atoms with Gasteiger partial charge in [0.25, 0.3) is 0 Å². The van der Waals surface area contributed by atoms with Gasteiger partial charge in [0, 0.05) is 20.1 Å². The van der Waals surface area contributed by atoms with E-state index >= 15 is 0 Å². The molecule has 0 aliphatic carbocycles. The highest BCUT2D eigenvalue weighted by molar-refractivity contribution is 7.98. The molecule has 0 aromatic heterocycles. The molecule has 0 saturated carbocycles. The van der Waals surface area contributed by atoms with Crippen LogP contribution in [-0.4, -0.2) is 43.2 Å². The standard InChI is InChI=1S/C16H27N3OS/c1-17-16(18-11-3-4-13-21-2)19-12-5-6-14-7-9-15(20)10-8-14/h7-10,20H,3-6,11-13H2,1-2H3,(H2,17,18,19). The molecule has 0 aliphatic rings. The number of phenols is 1. The molecule has 4 nitrogen and oxygen atoms in total. The molecular weight excluding hydrogens is 282 g/mol. The van der Waals surface area contributed by atoms with Crippen LogP contribution < -0.4 is 10.6 Å². The highest BCUT2D eigenvalue weighted by atomic mass is 32.2. The number of nitrogens with one attached hydrogen (secondary N) is 2. The molecule has 3 N–H and O–H groups in total. The summed E-state index contributed by atoms with van der Waals surface area (Å²) >= 11 is 1.89. The zero-order chi connectivity index (χ0) is 15.3. The minimum absolute atomic E-state index is 0.322. The van der Waals surface area contributed by atoms with E-state index in [-0.39, 0.29) is 0 Å². The van der Waals surface area contributed by atoms with Crippen molar-refractivity contribution in [3.05, 3.63) is 29.8 Å². The van der Waals surface area contributed by atoms with Crippen molar-refractivity contribution in [2.45, 2.75) is 25.7 Å². The number of thioether (sulfide) groups is 1. The number of unbranched alkanes of at least 4 members (excludes halogenated alkanes) is 1. The Morgan fingerprint density at radius 3 is 2.38 bits per heavy atom. The average Bonchev–Trinajstić information content (AvgIpc) is 2.51. The van der Waals surface area contributed by atoms with Gasteiger partial charge in [-0.25, -0.2) is 0 Å². The molecular formula is C16H27N3OS. The van der Waals surface area contributed by atoms with Gasteiger partial charge in [0.2, 0.25) is 0 Å². The summed E-state index contributed by atoms with van der Waals surface area (Å²) in [6, 6.07) is 7.40. The number of nitrogens with zero attached hydrogens (tertiary/aromatic N) is 1. The van der Waals surface area contributed by atoms with E-state index in [9.17, 15) is 5.11 Å². The van der Waals surface area contributed by atoms with Crippen molar-refractivity contribution in [3.63, 3.8) is 0 Å². The summed E-state index contributed by atoms with van der Waals surface area (Å²) in [5.41, 5.74) is 1.25. The normalized spacial score (nSPS) is 11.4. The Kier molecular flexibility index (Phi) is 9.53. The van der Waals surface area contributed by atoms with Crippen LogP contribution in [0.1, 0.15) is 24.8 Å². The highest BCUT2D eigenvalue weighted by Crippen LogP contribution is 2.10. The quantitative estimate of drug-likeness (QED) is 0.373. The number of aromatic hydroxyl groups is 1. The van der Waals surface area contributed by atoms with E-state index in [0.717, 1.165) is 31.9 Å². The zero-order valence-corrected chi connectivity index (χ0v) is 13.9. The average molecular weight is 309 g/mol. The third-order valence-corrected chi connectivity index (χ3v) is 3.86. The van der Waals surface area contributed by atoms with E-state index in [1.807, 2.05) is 23.9 Å². The Hall–Kier alpha value is -1.36. The smallest absolute Gasteiger partial charge is 0.190 e. The number of aryl methyl sites for hydroxylation is 1. The lowest BCUT2D eigenvalue weighted by Gasteiger charge is -2.11. The molecule has 0 saturated heterocycles. The number of hydrogen-bond acceptors (Lipinski definition) is 3. The van der Waals surface area contributed by atoms with Crippen molar-refractivity contribution in [1.29, 1.82) is 0 Å². The minimum atomic E-state index is 0.322. The van der Waals surface area contributed by atoms with E-state index in [1.54, 1.807) is 19.2 Å². The van der Waals surface area contributed by atoms with Gasteiger partial charge in [-0.15, -0.1) is 0 Å². The number of hydrogen-bond donors (Lipinski definition) is 3. The fourth-order valence-corrected chi connectivity index (χ4v) is 2.45. The Bertz CT molecular complexity index is 406. The predicted molar refractivity (Wildman–Crippen MR) is 93.4 cm³/mol. The van der Waals surface area contributed by atoms with E-state index in [0.29, 0.717) is 5.75 Å². The maximum atomic E-state index is 9.23. The van der Waals surface area contributed by atoms with Gasteiger partial charge in [0.1, 0.15) is 5.75 Å². The lowest BCUT2D eigenvalue weighted by molar-refractivity contribution is 0.475. The van der Waals surface area contributed by atoms with Crippen molar-refractivity contribution in [2.75, 3.05) is 32.1 Å². The van der Waals surface area contributed by atoms with E-state index in [2.05, 4.69) is 21.9 Å². The maximum Gasteiger partial charge on any atom is 0.190 e. The first-order valence-electron chi connectivity index (χ1n) is 7.47. The molecule has 1 rings (SSSR count). The summed E-state index contributed by atoms with van der Waals surface area (Å²) < 4.78 is 0. The second-order valence-electron chi connectivity index (χ2n) is 4.90. The Morgan fingerprint density at radius 1 is 1.10 bits per heavy atom. The second kappa shape index (κ2) is 11.3. The molecule has 0 amide bonds. The van der Waals surface area contributed by atoms with Crippen LogP contribution in [0.5, 0.6) is 5.75 Å². The predicted octanol–water partition coefficient (Wildman–Crippen LogP) is 2.63. The van der Waals surface area contributed by atoms with Gasteiger partial charge in [-0.2, -0.15) is 11.8 Å². The van der Waals surface area contributed by atoms with Crippen molar-refractivity contribution in [2.24, 2.45) is 4.99 Å². The number of benzene rings is 1. The molecule has 0 unspecified atom stereocenters. The first-order valence-corrected chi connectivity index (χ1v) is 8.87. The lowest BCUT2D eigenvalue weighted by Crippen LogP contribution is -2.38. The Labute approximate surface area is 132 Å². The van der Waals surface area contributed by atoms with Crippen molar-refractivity contribution < 1.29 is 5.11 Å². The summed E-state index contributed by atoms with van der Waals surface area (Å²) in [6.07, 6.45) is 6.60. The van der Waals surface area contributed by atoms with Crippen LogP contribution in [0.25, 0.3) is 0 Å². The molecule has 1 aromatic carbocycles. The highest BCUT2D eigenvalue weighted by Gasteiger charge is 1.98. The van der Waals surface area contributed by atoms with Crippen molar-refractivity contribution >= 4 is 17.7 Å². The van der Waals surface area contributed by atoms with Crippen molar-refractivity contribution in [3.8, 4) is 5.75 Å². The van der Waals surface area contributed by atoms with E-state index in [1.165, 1.54) is 24.2 Å². The van der Waals surface area contributed by atoms with Crippen LogP contribution in [0.3, 0.4) is 0 Å². The third kappa shape index (κ3) is 8.50. The van der Waals surface area contributed by atoms with Gasteiger partial charge in [-0.1, -0.05) is 12.1 Å². The number of phenolic OH excluding ortho intramolecular Hbond substituents is 1. The number of rotatable bonds is 9. The molecule has 118 valence electrons. The third-order valence-electron chi connectivity index (χ3n) is 3.16. The molecule has 0 bridgehead atoms. The summed E-state index contributed by atoms with van der Waals surface area (Å²) in [5, 5.41) is 15.9. The SMILES string of the molecule is CN=C(NCCCCSC)NCCCc1ccc(O)cc1. The molecule has 0 radical (unpaired) electrons. The molecule has 21 heavy (non-hydrogen) atoms. The molecule has 0 fully saturated rings. The first-order chi connectivity index (χ1) is 10.3. The van der Waals surface area contributed by atoms with Gasteiger partial charge in [0.05, 0.1) is 0 Å². The number of aliphatic imine (C=N–C) groups is 1. The number of guanidine groups is 1. The minimum Gasteiger partial charge on any atom is -0.508 e. The topological polar surface area (TPSA) is 56.7 Å². The zero-order valence-electron chi connectivity index (χ0n) is 13.1. The lowest BCUT2D eigenvalue weighted by atomic mass is 10.1. The molecule has 0 atom stereocenters. The van der Waals surface area contributed by atoms with Crippen LogP contribution in [0.15, 0.2) is 29.3 Å². The van der Waals surface area contributed by atoms with Crippen LogP contribution in [0.2, 0.25) is 0 Å². The molecule has 0 heterocycles. The summed E-state index contributed by atoms with van der Waals surface area (Å²) in [7, 11) is 1.80. The summed E-state index contributed by atoms with van der Waals surface area (Å²) in [6.45, 7) is 1.86. The van der Waals surface area contributed by atoms with Crippen molar-refractivity contribution in [1.82, 2.24) is 10.6 Å². The Balaban J connectivity index is 2.10. The summed E-state index contributed by atoms with van der Waals surface area (Å²) in [4.78, 5) is 4.22. The molecule has 0 spiro atoms. The van der Waals surface area contributed by atoms with Crippen LogP contribution in [-0.2, 0) is 6.42 Å². The fraction of sp³-hybridized carbons (Fsp3) is 0.562. The van der Waals surface area contributed by atoms with E-state index in [4.69, 9.17) is 0 Å². The van der Waals surface area contributed by atoms with E-state index < -0.39 is 0 Å². The molecule has 0 aliphatic heterocycles. The molecule has 1 aromatic rings. The van der Waals surface area contributed by atoms with Crippen LogP contribution >= 0.6 is 11.8 Å². The van der Waals surface area contributed by atoms with Gasteiger partial charge < -0.3 is 15.7 Å².